The molecule has 0 aliphatic carbocycles. The van der Waals surface area contributed by atoms with Crippen LogP contribution >= 0.6 is 7.82 Å². The van der Waals surface area contributed by atoms with E-state index in [0.717, 1.165) is 70.6 Å². The summed E-state index contributed by atoms with van der Waals surface area (Å²) >= 11 is 0. The Morgan fingerprint density at radius 2 is 1.15 bits per heavy atom. The number of phosphoric acid groups is 1. The summed E-state index contributed by atoms with van der Waals surface area (Å²) in [6, 6.07) is -0.785. The molecule has 3 unspecified atom stereocenters. The van der Waals surface area contributed by atoms with E-state index >= 15 is 0 Å². The third kappa shape index (κ3) is 36.3. The van der Waals surface area contributed by atoms with Crippen LogP contribution in [0.1, 0.15) is 142 Å². The van der Waals surface area contributed by atoms with Crippen molar-refractivity contribution in [2.75, 3.05) is 40.9 Å². The lowest BCUT2D eigenvalue weighted by atomic mass is 10.0. The molecule has 0 saturated carbocycles. The van der Waals surface area contributed by atoms with E-state index in [2.05, 4.69) is 92.1 Å². The molecular formula is C43H78N2O6P+. The molecule has 52 heavy (non-hydrogen) atoms. The van der Waals surface area contributed by atoms with Gasteiger partial charge in [0.1, 0.15) is 13.2 Å². The molecule has 0 bridgehead atoms. The average Bonchev–Trinajstić information content (AvgIpc) is 3.09. The quantitative estimate of drug-likeness (QED) is 0.0258. The average molecular weight is 750 g/mol. The Balaban J connectivity index is 4.46. The third-order valence-corrected chi connectivity index (χ3v) is 9.45. The third-order valence-electron chi connectivity index (χ3n) is 8.47. The second kappa shape index (κ2) is 34.7. The maximum atomic E-state index is 12.8. The summed E-state index contributed by atoms with van der Waals surface area (Å²) in [7, 11) is 1.57. The van der Waals surface area contributed by atoms with Gasteiger partial charge < -0.3 is 19.8 Å². The number of aliphatic hydroxyl groups is 1. The van der Waals surface area contributed by atoms with Gasteiger partial charge in [-0.1, -0.05) is 145 Å². The first-order chi connectivity index (χ1) is 25.0. The number of hydrogen-bond acceptors (Lipinski definition) is 5. The van der Waals surface area contributed by atoms with Crippen LogP contribution in [0.5, 0.6) is 0 Å². The maximum Gasteiger partial charge on any atom is 0.472 e. The Morgan fingerprint density at radius 3 is 1.65 bits per heavy atom. The van der Waals surface area contributed by atoms with Gasteiger partial charge in [0.05, 0.1) is 39.9 Å². The van der Waals surface area contributed by atoms with Crippen molar-refractivity contribution < 1.29 is 32.9 Å². The van der Waals surface area contributed by atoms with Gasteiger partial charge in [-0.25, -0.2) is 4.57 Å². The molecule has 0 rings (SSSR count). The molecule has 1 amide bonds. The van der Waals surface area contributed by atoms with Crippen molar-refractivity contribution in [3.8, 4) is 0 Å². The van der Waals surface area contributed by atoms with Crippen molar-refractivity contribution in [3.05, 3.63) is 72.9 Å². The van der Waals surface area contributed by atoms with Crippen molar-refractivity contribution in [2.45, 2.75) is 154 Å². The number of likely N-dealkylation sites (N-methyl/N-ethyl adjacent to an activating group) is 1. The van der Waals surface area contributed by atoms with Crippen molar-refractivity contribution in [3.63, 3.8) is 0 Å². The molecule has 300 valence electrons. The number of carbonyl (C=O) groups excluding carboxylic acids is 1. The van der Waals surface area contributed by atoms with Gasteiger partial charge >= 0.3 is 7.82 Å². The normalized spacial score (nSPS) is 15.3. The molecule has 0 aromatic rings. The summed E-state index contributed by atoms with van der Waals surface area (Å²) < 4.78 is 23.5. The van der Waals surface area contributed by atoms with Gasteiger partial charge in [0.25, 0.3) is 0 Å². The molecule has 0 fully saturated rings. The van der Waals surface area contributed by atoms with E-state index in [1.807, 2.05) is 21.1 Å². The van der Waals surface area contributed by atoms with Gasteiger partial charge in [-0.2, -0.15) is 0 Å². The number of unbranched alkanes of at least 4 members (excludes halogenated alkanes) is 10. The van der Waals surface area contributed by atoms with Crippen molar-refractivity contribution in [1.82, 2.24) is 5.32 Å². The van der Waals surface area contributed by atoms with Crippen molar-refractivity contribution >= 4 is 13.7 Å². The molecule has 9 heteroatoms. The minimum Gasteiger partial charge on any atom is -0.391 e. The predicted molar refractivity (Wildman–Crippen MR) is 221 cm³/mol. The van der Waals surface area contributed by atoms with Gasteiger partial charge in [0.15, 0.2) is 0 Å². The lowest BCUT2D eigenvalue weighted by Gasteiger charge is -2.26. The summed E-state index contributed by atoms with van der Waals surface area (Å²) in [6.45, 7) is 4.68. The fourth-order valence-electron chi connectivity index (χ4n) is 5.22. The maximum absolute atomic E-state index is 12.8. The topological polar surface area (TPSA) is 105 Å². The number of carbonyl (C=O) groups is 1. The van der Waals surface area contributed by atoms with Gasteiger partial charge in [0.2, 0.25) is 5.91 Å². The Labute approximate surface area is 319 Å². The summed E-state index contributed by atoms with van der Waals surface area (Å²) in [6.07, 6.45) is 45.1. The molecule has 0 aromatic carbocycles. The fraction of sp³-hybridized carbons (Fsp3) is 0.698. The number of hydrogen-bond donors (Lipinski definition) is 3. The summed E-state index contributed by atoms with van der Waals surface area (Å²) in [5, 5.41) is 13.8. The summed E-state index contributed by atoms with van der Waals surface area (Å²) in [5.74, 6) is -0.193. The molecule has 0 spiro atoms. The lowest BCUT2D eigenvalue weighted by Crippen LogP contribution is -2.46. The second-order valence-electron chi connectivity index (χ2n) is 14.6. The van der Waals surface area contributed by atoms with E-state index in [1.54, 1.807) is 0 Å². The van der Waals surface area contributed by atoms with Crippen LogP contribution in [0.2, 0.25) is 0 Å². The molecule has 0 saturated heterocycles. The zero-order chi connectivity index (χ0) is 38.6. The molecular weight excluding hydrogens is 671 g/mol. The Morgan fingerprint density at radius 1 is 0.673 bits per heavy atom. The van der Waals surface area contributed by atoms with Gasteiger partial charge in [-0.05, 0) is 64.2 Å². The van der Waals surface area contributed by atoms with Gasteiger partial charge in [-0.15, -0.1) is 0 Å². The summed E-state index contributed by atoms with van der Waals surface area (Å²) in [4.78, 5) is 23.0. The van der Waals surface area contributed by atoms with Crippen LogP contribution < -0.4 is 5.32 Å². The number of nitrogens with zero attached hydrogens (tertiary/aromatic N) is 1. The van der Waals surface area contributed by atoms with Gasteiger partial charge in [-0.3, -0.25) is 13.8 Å². The number of rotatable bonds is 35. The first-order valence-corrected chi connectivity index (χ1v) is 21.8. The predicted octanol–water partition coefficient (Wildman–Crippen LogP) is 10.9. The van der Waals surface area contributed by atoms with Crippen LogP contribution in [-0.4, -0.2) is 73.4 Å². The number of amides is 1. The zero-order valence-electron chi connectivity index (χ0n) is 33.8. The monoisotopic (exact) mass is 750 g/mol. The number of nitrogens with one attached hydrogen (secondary N) is 1. The highest BCUT2D eigenvalue weighted by atomic mass is 31.2. The highest BCUT2D eigenvalue weighted by Gasteiger charge is 2.28. The van der Waals surface area contributed by atoms with Gasteiger partial charge in [0, 0.05) is 6.42 Å². The number of quaternary nitrogens is 1. The SMILES string of the molecule is CC/C=C\C/C=C\C/C=C\C/C=C\C/C=C\C/C=C\CCCCC(=O)NC(COP(=O)(O)OCC[N+](C)(C)C)C(O)CCCCCCCCCCC. The standard InChI is InChI=1S/C43H77N2O6P/c1-6-8-10-12-14-16-17-18-19-20-21-22-23-24-25-26-27-29-31-33-35-37-43(47)44-41(40-51-52(48,49)50-39-38-45(3,4)5)42(46)36-34-32-30-28-15-13-11-9-7-2/h8,10,14,16,18-19,21-22,24-25,27,29,41-42,46H,6-7,9,11-13,15,17,20,23,26,28,30-40H2,1-5H3,(H-,44,47,48,49)/p+1/b10-8-,16-14-,19-18-,22-21-,25-24-,29-27-. The van der Waals surface area contributed by atoms with Crippen LogP contribution in [0.25, 0.3) is 0 Å². The molecule has 0 heterocycles. The highest BCUT2D eigenvalue weighted by Crippen LogP contribution is 2.43. The fourth-order valence-corrected chi connectivity index (χ4v) is 5.96. The first-order valence-electron chi connectivity index (χ1n) is 20.3. The number of phosphoric ester groups is 1. The van der Waals surface area contributed by atoms with Crippen molar-refractivity contribution in [1.29, 1.82) is 0 Å². The minimum absolute atomic E-state index is 0.0616. The van der Waals surface area contributed by atoms with Crippen LogP contribution in [-0.2, 0) is 18.4 Å². The first kappa shape index (κ1) is 49.9. The van der Waals surface area contributed by atoms with E-state index in [1.165, 1.54) is 38.5 Å². The van der Waals surface area contributed by atoms with Crippen LogP contribution in [0, 0.1) is 0 Å². The molecule has 3 N–H and O–H groups in total. The van der Waals surface area contributed by atoms with Crippen LogP contribution in [0.4, 0.5) is 0 Å². The Kier molecular flexibility index (Phi) is 33.3. The molecule has 8 nitrogen and oxygen atoms in total. The van der Waals surface area contributed by atoms with E-state index in [0.29, 0.717) is 30.3 Å². The van der Waals surface area contributed by atoms with Crippen LogP contribution in [0.3, 0.4) is 0 Å². The van der Waals surface area contributed by atoms with Crippen LogP contribution in [0.15, 0.2) is 72.9 Å². The molecule has 0 aliphatic heterocycles. The minimum atomic E-state index is -4.32. The largest absolute Gasteiger partial charge is 0.472 e. The van der Waals surface area contributed by atoms with Crippen molar-refractivity contribution in [2.24, 2.45) is 0 Å². The Hall–Kier alpha value is -2.06. The Bertz CT molecular complexity index is 1080. The highest BCUT2D eigenvalue weighted by molar-refractivity contribution is 7.47. The molecule has 0 aromatic heterocycles. The molecule has 0 aliphatic rings. The van der Waals surface area contributed by atoms with E-state index < -0.39 is 20.0 Å². The second-order valence-corrected chi connectivity index (χ2v) is 16.1. The molecule has 0 radical (unpaired) electrons. The number of aliphatic hydroxyl groups excluding tert-OH is 1. The summed E-state index contributed by atoms with van der Waals surface area (Å²) in [5.41, 5.74) is 0. The smallest absolute Gasteiger partial charge is 0.391 e. The molecule has 3 atom stereocenters. The zero-order valence-corrected chi connectivity index (χ0v) is 34.7. The van der Waals surface area contributed by atoms with E-state index in [-0.39, 0.29) is 19.1 Å². The van der Waals surface area contributed by atoms with E-state index in [9.17, 15) is 19.4 Å². The lowest BCUT2D eigenvalue weighted by molar-refractivity contribution is -0.870. The number of allylic oxidation sites excluding steroid dienone is 12. The van der Waals surface area contributed by atoms with E-state index in [4.69, 9.17) is 9.05 Å².